The van der Waals surface area contributed by atoms with Crippen molar-refractivity contribution in [3.05, 3.63) is 0 Å². The Bertz CT molecular complexity index is 617. The van der Waals surface area contributed by atoms with Gasteiger partial charge in [-0.1, -0.05) is 0 Å². The second-order valence-electron chi connectivity index (χ2n) is 6.71. The van der Waals surface area contributed by atoms with E-state index >= 15 is 0 Å². The second kappa shape index (κ2) is 14.6. The first kappa shape index (κ1) is 27.6. The largest absolute Gasteiger partial charge is 0.481 e. The van der Waals surface area contributed by atoms with E-state index in [-0.39, 0.29) is 18.6 Å². The maximum absolute atomic E-state index is 12.5. The summed E-state index contributed by atoms with van der Waals surface area (Å²) >= 11 is 3.99. The summed E-state index contributed by atoms with van der Waals surface area (Å²) in [6.45, 7) is 1.79. The van der Waals surface area contributed by atoms with Crippen molar-refractivity contribution in [3.8, 4) is 0 Å². The van der Waals surface area contributed by atoms with E-state index in [0.29, 0.717) is 19.4 Å². The number of carboxylic acids is 2. The molecule has 12 nitrogen and oxygen atoms in total. The van der Waals surface area contributed by atoms with E-state index < -0.39 is 60.2 Å². The van der Waals surface area contributed by atoms with Crippen LogP contribution < -0.4 is 27.4 Å². The maximum atomic E-state index is 12.5. The number of amides is 3. The van der Waals surface area contributed by atoms with Crippen LogP contribution >= 0.6 is 12.6 Å². The van der Waals surface area contributed by atoms with Gasteiger partial charge in [0.15, 0.2) is 0 Å². The lowest BCUT2D eigenvalue weighted by atomic mass is 10.1. The topological polar surface area (TPSA) is 214 Å². The van der Waals surface area contributed by atoms with E-state index in [1.54, 1.807) is 0 Å². The fraction of sp³-hybridized carbons (Fsp3) is 0.706. The molecule has 9 N–H and O–H groups in total. The molecule has 0 aromatic heterocycles. The molecular weight excluding hydrogens is 418 g/mol. The Morgan fingerprint density at radius 1 is 0.867 bits per heavy atom. The number of carbonyl (C=O) groups excluding carboxylic acids is 3. The zero-order chi connectivity index (χ0) is 23.3. The second-order valence-corrected chi connectivity index (χ2v) is 7.08. The highest BCUT2D eigenvalue weighted by Crippen LogP contribution is 2.05. The molecule has 0 heterocycles. The van der Waals surface area contributed by atoms with Crippen molar-refractivity contribution in [1.82, 2.24) is 16.0 Å². The first-order chi connectivity index (χ1) is 14.0. The summed E-state index contributed by atoms with van der Waals surface area (Å²) in [6.07, 6.45) is 0.442. The maximum Gasteiger partial charge on any atom is 0.326 e. The average molecular weight is 450 g/mol. The number of unbranched alkanes of at least 4 members (excludes halogenated alkanes) is 1. The smallest absolute Gasteiger partial charge is 0.326 e. The van der Waals surface area contributed by atoms with Gasteiger partial charge in [0.2, 0.25) is 17.7 Å². The first-order valence-corrected chi connectivity index (χ1v) is 10.1. The van der Waals surface area contributed by atoms with Crippen LogP contribution in [-0.2, 0) is 24.0 Å². The standard InChI is InChI=1S/C17H31N5O7S/c1-9(19)14(25)22-12(8-30)16(27)20-10(5-6-13(23)24)15(26)21-11(17(28)29)4-2-3-7-18/h9-12,30H,2-8,18-19H2,1H3,(H,20,27)(H,21,26)(H,22,25)(H,23,24)(H,28,29). The van der Waals surface area contributed by atoms with Crippen molar-refractivity contribution >= 4 is 42.3 Å². The number of carboxylic acid groups (broad SMARTS) is 2. The Kier molecular flexibility index (Phi) is 13.4. The molecule has 0 aliphatic heterocycles. The molecule has 0 radical (unpaired) electrons. The molecule has 4 atom stereocenters. The van der Waals surface area contributed by atoms with Gasteiger partial charge in [-0.05, 0) is 39.2 Å². The van der Waals surface area contributed by atoms with Gasteiger partial charge in [-0.2, -0.15) is 12.6 Å². The summed E-state index contributed by atoms with van der Waals surface area (Å²) < 4.78 is 0. The van der Waals surface area contributed by atoms with Gasteiger partial charge in [0.05, 0.1) is 6.04 Å². The highest BCUT2D eigenvalue weighted by atomic mass is 32.1. The van der Waals surface area contributed by atoms with Crippen LogP contribution in [0.2, 0.25) is 0 Å². The molecule has 4 unspecified atom stereocenters. The number of hydrogen-bond acceptors (Lipinski definition) is 8. The molecule has 0 saturated heterocycles. The normalized spacial score (nSPS) is 14.7. The van der Waals surface area contributed by atoms with Gasteiger partial charge in [-0.3, -0.25) is 19.2 Å². The van der Waals surface area contributed by atoms with E-state index in [9.17, 15) is 29.1 Å². The predicted octanol–water partition coefficient (Wildman–Crippen LogP) is -2.20. The Morgan fingerprint density at radius 2 is 1.40 bits per heavy atom. The van der Waals surface area contributed by atoms with Gasteiger partial charge in [-0.25, -0.2) is 4.79 Å². The van der Waals surface area contributed by atoms with Crippen molar-refractivity contribution < 1.29 is 34.2 Å². The monoisotopic (exact) mass is 449 g/mol. The summed E-state index contributed by atoms with van der Waals surface area (Å²) in [5.41, 5.74) is 10.8. The van der Waals surface area contributed by atoms with Crippen LogP contribution in [0.5, 0.6) is 0 Å². The lowest BCUT2D eigenvalue weighted by molar-refractivity contribution is -0.143. The van der Waals surface area contributed by atoms with Gasteiger partial charge in [0.25, 0.3) is 0 Å². The molecule has 0 rings (SSSR count). The van der Waals surface area contributed by atoms with Gasteiger partial charge in [-0.15, -0.1) is 0 Å². The van der Waals surface area contributed by atoms with Crippen LogP contribution in [0.15, 0.2) is 0 Å². The van der Waals surface area contributed by atoms with Crippen molar-refractivity contribution in [2.45, 2.75) is 63.2 Å². The van der Waals surface area contributed by atoms with Crippen molar-refractivity contribution in [3.63, 3.8) is 0 Å². The molecule has 0 fully saturated rings. The third-order valence-corrected chi connectivity index (χ3v) is 4.44. The van der Waals surface area contributed by atoms with Crippen LogP contribution in [0.1, 0.15) is 39.0 Å². The van der Waals surface area contributed by atoms with Gasteiger partial charge < -0.3 is 37.6 Å². The third-order valence-electron chi connectivity index (χ3n) is 4.07. The average Bonchev–Trinajstić information content (AvgIpc) is 2.67. The number of nitrogens with one attached hydrogen (secondary N) is 3. The molecule has 0 bridgehead atoms. The molecular formula is C17H31N5O7S. The fourth-order valence-corrected chi connectivity index (χ4v) is 2.59. The predicted molar refractivity (Wildman–Crippen MR) is 111 cm³/mol. The van der Waals surface area contributed by atoms with Crippen molar-refractivity contribution in [2.75, 3.05) is 12.3 Å². The van der Waals surface area contributed by atoms with Crippen molar-refractivity contribution in [1.29, 1.82) is 0 Å². The van der Waals surface area contributed by atoms with E-state index in [1.807, 2.05) is 0 Å². The van der Waals surface area contributed by atoms with E-state index in [1.165, 1.54) is 6.92 Å². The number of thiol groups is 1. The molecule has 3 amide bonds. The van der Waals surface area contributed by atoms with E-state index in [2.05, 4.69) is 28.6 Å². The van der Waals surface area contributed by atoms with Crippen LogP contribution in [0.4, 0.5) is 0 Å². The lowest BCUT2D eigenvalue weighted by Gasteiger charge is -2.24. The Morgan fingerprint density at radius 3 is 1.87 bits per heavy atom. The summed E-state index contributed by atoms with van der Waals surface area (Å²) in [5, 5.41) is 25.2. The van der Waals surface area contributed by atoms with Gasteiger partial charge in [0, 0.05) is 12.2 Å². The Hall–Kier alpha value is -2.38. The minimum Gasteiger partial charge on any atom is -0.481 e. The number of rotatable bonds is 15. The molecule has 0 spiro atoms. The number of hydrogen-bond donors (Lipinski definition) is 8. The molecule has 0 saturated carbocycles. The molecule has 13 heteroatoms. The molecule has 0 aromatic rings. The number of aliphatic carboxylic acids is 2. The molecule has 30 heavy (non-hydrogen) atoms. The first-order valence-electron chi connectivity index (χ1n) is 9.45. The Balaban J connectivity index is 5.24. The van der Waals surface area contributed by atoms with Crippen LogP contribution in [0.25, 0.3) is 0 Å². The molecule has 172 valence electrons. The summed E-state index contributed by atoms with van der Waals surface area (Å²) in [5.74, 6) is -4.80. The highest BCUT2D eigenvalue weighted by Gasteiger charge is 2.29. The Labute approximate surface area is 179 Å². The number of carbonyl (C=O) groups is 5. The van der Waals surface area contributed by atoms with E-state index in [4.69, 9.17) is 16.6 Å². The zero-order valence-corrected chi connectivity index (χ0v) is 17.7. The zero-order valence-electron chi connectivity index (χ0n) is 16.8. The van der Waals surface area contributed by atoms with Crippen LogP contribution in [0, 0.1) is 0 Å². The summed E-state index contributed by atoms with van der Waals surface area (Å²) in [6, 6.07) is -4.53. The van der Waals surface area contributed by atoms with Crippen LogP contribution in [0.3, 0.4) is 0 Å². The van der Waals surface area contributed by atoms with Crippen molar-refractivity contribution in [2.24, 2.45) is 11.5 Å². The quantitative estimate of drug-likeness (QED) is 0.100. The molecule has 0 aromatic carbocycles. The minimum atomic E-state index is -1.32. The third kappa shape index (κ3) is 11.0. The van der Waals surface area contributed by atoms with E-state index in [0.717, 1.165) is 0 Å². The fourth-order valence-electron chi connectivity index (χ4n) is 2.33. The lowest BCUT2D eigenvalue weighted by Crippen LogP contribution is -2.57. The highest BCUT2D eigenvalue weighted by molar-refractivity contribution is 7.80. The minimum absolute atomic E-state index is 0.103. The van der Waals surface area contributed by atoms with Gasteiger partial charge >= 0.3 is 11.9 Å². The SMILES string of the molecule is CC(N)C(=O)NC(CS)C(=O)NC(CCC(=O)O)C(=O)NC(CCCCN)C(=O)O. The summed E-state index contributed by atoms with van der Waals surface area (Å²) in [4.78, 5) is 59.0. The number of nitrogens with two attached hydrogens (primary N) is 2. The molecule has 0 aliphatic rings. The van der Waals surface area contributed by atoms with Gasteiger partial charge in [0.1, 0.15) is 18.1 Å². The molecule has 0 aliphatic carbocycles. The van der Waals surface area contributed by atoms with Crippen LogP contribution in [-0.4, -0.2) is 76.3 Å². The summed E-state index contributed by atoms with van der Waals surface area (Å²) in [7, 11) is 0.